The molecule has 2 aromatic rings. The highest BCUT2D eigenvalue weighted by Gasteiger charge is 2.26. The van der Waals surface area contributed by atoms with E-state index in [9.17, 15) is 13.2 Å². The fraction of sp³-hybridized carbons (Fsp3) is 0.267. The van der Waals surface area contributed by atoms with Gasteiger partial charge in [-0.1, -0.05) is 0 Å². The Balaban J connectivity index is 2.21. The number of carbonyl (C=O) groups is 1. The Morgan fingerprint density at radius 1 is 1.26 bits per heavy atom. The van der Waals surface area contributed by atoms with Crippen LogP contribution in [-0.2, 0) is 10.0 Å². The van der Waals surface area contributed by atoms with Gasteiger partial charge in [0.05, 0.1) is 19.8 Å². The molecule has 2 aromatic heterocycles. The van der Waals surface area contributed by atoms with E-state index in [0.29, 0.717) is 5.75 Å². The van der Waals surface area contributed by atoms with Gasteiger partial charge in [-0.25, -0.2) is 8.42 Å². The molecule has 0 aliphatic carbocycles. The lowest BCUT2D eigenvalue weighted by Gasteiger charge is -2.13. The Morgan fingerprint density at radius 2 is 1.96 bits per heavy atom. The van der Waals surface area contributed by atoms with Gasteiger partial charge in [0.1, 0.15) is 11.6 Å². The number of amides is 1. The summed E-state index contributed by atoms with van der Waals surface area (Å²) in [5.74, 6) is 0.524. The molecule has 0 spiro atoms. The zero-order chi connectivity index (χ0) is 20.2. The molecule has 0 atom stereocenters. The zero-order valence-corrected chi connectivity index (χ0v) is 17.4. The highest BCUT2D eigenvalue weighted by atomic mass is 32.2. The van der Waals surface area contributed by atoms with Crippen LogP contribution in [0.5, 0.6) is 11.6 Å². The van der Waals surface area contributed by atoms with E-state index in [0.717, 1.165) is 11.3 Å². The van der Waals surface area contributed by atoms with Crippen molar-refractivity contribution in [2.45, 2.75) is 4.21 Å². The zero-order valence-electron chi connectivity index (χ0n) is 15.0. The van der Waals surface area contributed by atoms with Gasteiger partial charge in [-0.15, -0.1) is 11.3 Å². The lowest BCUT2D eigenvalue weighted by Crippen LogP contribution is -2.35. The number of nitrogens with one attached hydrogen (secondary N) is 2. The van der Waals surface area contributed by atoms with E-state index in [1.807, 2.05) is 0 Å². The van der Waals surface area contributed by atoms with Crippen LogP contribution >= 0.6 is 23.6 Å². The molecule has 2 N–H and O–H groups in total. The monoisotopic (exact) mass is 430 g/mol. The number of thiophene rings is 1. The van der Waals surface area contributed by atoms with Gasteiger partial charge in [0.2, 0.25) is 5.88 Å². The third kappa shape index (κ3) is 5.05. The maximum absolute atomic E-state index is 12.6. The van der Waals surface area contributed by atoms with Gasteiger partial charge >= 0.3 is 0 Å². The number of thiocarbonyl (C=S) groups is 1. The SMILES string of the molecule is COc1cc(NC(=S)NS(=O)(=O)c2sccc2C(=O)N(C)C)nc(OC)c1. The van der Waals surface area contributed by atoms with Crippen molar-refractivity contribution in [3.8, 4) is 11.6 Å². The first kappa shape index (κ1) is 20.9. The van der Waals surface area contributed by atoms with Crippen LogP contribution < -0.4 is 19.5 Å². The van der Waals surface area contributed by atoms with Gasteiger partial charge in [-0.2, -0.15) is 4.98 Å². The summed E-state index contributed by atoms with van der Waals surface area (Å²) in [6.07, 6.45) is 0. The quantitative estimate of drug-likeness (QED) is 0.664. The molecule has 0 aliphatic rings. The van der Waals surface area contributed by atoms with E-state index in [2.05, 4.69) is 15.0 Å². The van der Waals surface area contributed by atoms with E-state index in [4.69, 9.17) is 21.7 Å². The first-order chi connectivity index (χ1) is 12.7. The molecule has 0 bridgehead atoms. The van der Waals surface area contributed by atoms with Crippen LogP contribution in [0.1, 0.15) is 10.4 Å². The van der Waals surface area contributed by atoms with Crippen molar-refractivity contribution < 1.29 is 22.7 Å². The standard InChI is InChI=1S/C15H18N4O5S3/c1-19(2)13(20)10-5-6-26-14(10)27(21,22)18-15(25)17-11-7-9(23-3)8-12(16-11)24-4/h5-8H,1-4H3,(H2,16,17,18,25). The number of ether oxygens (including phenoxy) is 2. The molecule has 0 radical (unpaired) electrons. The largest absolute Gasteiger partial charge is 0.496 e. The molecular formula is C15H18N4O5S3. The Kier molecular flexibility index (Phi) is 6.57. The van der Waals surface area contributed by atoms with Crippen molar-refractivity contribution >= 4 is 50.4 Å². The summed E-state index contributed by atoms with van der Waals surface area (Å²) >= 11 is 5.99. The van der Waals surface area contributed by atoms with Crippen molar-refractivity contribution in [3.05, 3.63) is 29.1 Å². The van der Waals surface area contributed by atoms with Crippen molar-refractivity contribution in [2.24, 2.45) is 0 Å². The number of methoxy groups -OCH3 is 2. The summed E-state index contributed by atoms with van der Waals surface area (Å²) in [6, 6.07) is 4.53. The molecule has 0 aliphatic heterocycles. The summed E-state index contributed by atoms with van der Waals surface area (Å²) < 4.78 is 37.5. The van der Waals surface area contributed by atoms with Crippen molar-refractivity contribution in [1.29, 1.82) is 0 Å². The Labute approximate surface area is 166 Å². The van der Waals surface area contributed by atoms with E-state index >= 15 is 0 Å². The van der Waals surface area contributed by atoms with E-state index < -0.39 is 15.9 Å². The summed E-state index contributed by atoms with van der Waals surface area (Å²) in [5.41, 5.74) is 0.0708. The average molecular weight is 431 g/mol. The van der Waals surface area contributed by atoms with Gasteiger partial charge in [0.25, 0.3) is 15.9 Å². The van der Waals surface area contributed by atoms with E-state index in [1.54, 1.807) is 6.07 Å². The van der Waals surface area contributed by atoms with Crippen LogP contribution in [0.15, 0.2) is 27.8 Å². The maximum atomic E-state index is 12.6. The van der Waals surface area contributed by atoms with Gasteiger partial charge < -0.3 is 19.7 Å². The second-order valence-corrected chi connectivity index (χ2v) is 8.52. The number of hydrogen-bond acceptors (Lipinski definition) is 8. The molecule has 1 amide bonds. The van der Waals surface area contributed by atoms with Crippen LogP contribution in [0.4, 0.5) is 5.82 Å². The van der Waals surface area contributed by atoms with Gasteiger partial charge in [-0.05, 0) is 23.7 Å². The molecule has 2 rings (SSSR count). The van der Waals surface area contributed by atoms with Gasteiger partial charge in [-0.3, -0.25) is 9.52 Å². The normalized spacial score (nSPS) is 10.8. The Hall–Kier alpha value is -2.44. The maximum Gasteiger partial charge on any atom is 0.273 e. The number of carbonyl (C=O) groups excluding carboxylic acids is 1. The van der Waals surface area contributed by atoms with Crippen molar-refractivity contribution in [2.75, 3.05) is 33.6 Å². The topological polar surface area (TPSA) is 110 Å². The van der Waals surface area contributed by atoms with Crippen LogP contribution in [0, 0.1) is 0 Å². The summed E-state index contributed by atoms with van der Waals surface area (Å²) in [6.45, 7) is 0. The van der Waals surface area contributed by atoms with E-state index in [-0.39, 0.29) is 26.6 Å². The molecule has 0 aromatic carbocycles. The fourth-order valence-electron chi connectivity index (χ4n) is 1.98. The third-order valence-corrected chi connectivity index (χ3v) is 6.37. The number of hydrogen-bond donors (Lipinski definition) is 2. The Bertz CT molecular complexity index is 934. The predicted molar refractivity (Wildman–Crippen MR) is 106 cm³/mol. The number of nitrogens with zero attached hydrogens (tertiary/aromatic N) is 2. The van der Waals surface area contributed by atoms with Crippen molar-refractivity contribution in [3.63, 3.8) is 0 Å². The number of aromatic nitrogens is 1. The molecule has 2 heterocycles. The highest BCUT2D eigenvalue weighted by molar-refractivity contribution is 7.93. The summed E-state index contributed by atoms with van der Waals surface area (Å²) in [7, 11) is 1.94. The molecule has 27 heavy (non-hydrogen) atoms. The van der Waals surface area contributed by atoms with Crippen molar-refractivity contribution in [1.82, 2.24) is 14.6 Å². The molecule has 0 saturated carbocycles. The summed E-state index contributed by atoms with van der Waals surface area (Å²) in [4.78, 5) is 17.5. The lowest BCUT2D eigenvalue weighted by atomic mass is 10.3. The van der Waals surface area contributed by atoms with Gasteiger partial charge in [0.15, 0.2) is 9.32 Å². The van der Waals surface area contributed by atoms with E-state index in [1.165, 1.54) is 50.7 Å². The lowest BCUT2D eigenvalue weighted by molar-refractivity contribution is 0.0825. The molecule has 12 heteroatoms. The average Bonchev–Trinajstić information content (AvgIpc) is 3.10. The number of rotatable bonds is 6. The molecule has 0 unspecified atom stereocenters. The number of pyridine rings is 1. The second kappa shape index (κ2) is 8.50. The number of anilines is 1. The number of sulfonamides is 1. The minimum atomic E-state index is -4.05. The smallest absolute Gasteiger partial charge is 0.273 e. The molecule has 0 saturated heterocycles. The fourth-order valence-corrected chi connectivity index (χ4v) is 4.66. The highest BCUT2D eigenvalue weighted by Crippen LogP contribution is 2.24. The first-order valence-corrected chi connectivity index (χ1v) is 10.2. The van der Waals surface area contributed by atoms with Crippen LogP contribution in [-0.4, -0.2) is 57.6 Å². The van der Waals surface area contributed by atoms with Crippen LogP contribution in [0.25, 0.3) is 0 Å². The molecular weight excluding hydrogens is 412 g/mol. The van der Waals surface area contributed by atoms with Crippen LogP contribution in [0.2, 0.25) is 0 Å². The molecule has 0 fully saturated rings. The summed E-state index contributed by atoms with van der Waals surface area (Å²) in [5, 5.41) is 3.97. The first-order valence-electron chi connectivity index (χ1n) is 7.41. The predicted octanol–water partition coefficient (Wildman–Crippen LogP) is 1.54. The second-order valence-electron chi connectivity index (χ2n) is 5.32. The third-order valence-electron chi connectivity index (χ3n) is 3.20. The Morgan fingerprint density at radius 3 is 2.56 bits per heavy atom. The molecule has 9 nitrogen and oxygen atoms in total. The van der Waals surface area contributed by atoms with Crippen LogP contribution in [0.3, 0.4) is 0 Å². The molecule has 146 valence electrons. The minimum Gasteiger partial charge on any atom is -0.496 e. The minimum absolute atomic E-state index is 0.0708. The van der Waals surface area contributed by atoms with Gasteiger partial charge in [0, 0.05) is 26.2 Å².